The Balaban J connectivity index is 1.86. The number of hydrogen-bond donors (Lipinski definition) is 2. The summed E-state index contributed by atoms with van der Waals surface area (Å²) in [5, 5.41) is 20.7. The summed E-state index contributed by atoms with van der Waals surface area (Å²) in [5.74, 6) is -0.687. The molecule has 33 heavy (non-hydrogen) atoms. The topological polar surface area (TPSA) is 118 Å². The normalized spacial score (nSPS) is 10.6. The van der Waals surface area contributed by atoms with Gasteiger partial charge in [0.1, 0.15) is 5.56 Å². The number of nitrogens with one attached hydrogen (secondary N) is 2. The van der Waals surface area contributed by atoms with Crippen molar-refractivity contribution in [2.45, 2.75) is 13.3 Å². The standard InChI is InChI=1S/C25H20N4O4/c1-2-16-13-14-19(15-20(16)29(32)33)26-24(30)22-21(17-9-5-3-6-10-17)23(27-28-25(22)31)18-11-7-4-8-12-18/h3-15H,2H2,1H3,(H,26,30)(H,28,31). The van der Waals surface area contributed by atoms with Crippen LogP contribution in [0.5, 0.6) is 0 Å². The summed E-state index contributed by atoms with van der Waals surface area (Å²) in [6, 6.07) is 22.7. The number of carbonyl (C=O) groups is 1. The second kappa shape index (κ2) is 9.27. The number of aryl methyl sites for hydroxylation is 1. The lowest BCUT2D eigenvalue weighted by molar-refractivity contribution is -0.385. The molecule has 1 amide bonds. The number of hydrogen-bond acceptors (Lipinski definition) is 5. The molecule has 0 spiro atoms. The Morgan fingerprint density at radius 1 is 1.00 bits per heavy atom. The van der Waals surface area contributed by atoms with Crippen LogP contribution >= 0.6 is 0 Å². The number of rotatable bonds is 6. The fourth-order valence-corrected chi connectivity index (χ4v) is 3.66. The highest BCUT2D eigenvalue weighted by Gasteiger charge is 2.24. The maximum absolute atomic E-state index is 13.3. The summed E-state index contributed by atoms with van der Waals surface area (Å²) in [5.41, 5.74) is 2.09. The van der Waals surface area contributed by atoms with Crippen molar-refractivity contribution >= 4 is 17.3 Å². The highest BCUT2D eigenvalue weighted by molar-refractivity contribution is 6.10. The average Bonchev–Trinajstić information content (AvgIpc) is 2.84. The van der Waals surface area contributed by atoms with Crippen LogP contribution in [0.25, 0.3) is 22.4 Å². The van der Waals surface area contributed by atoms with Gasteiger partial charge in [0.05, 0.1) is 10.6 Å². The Bertz CT molecular complexity index is 1380. The van der Waals surface area contributed by atoms with E-state index in [0.29, 0.717) is 28.8 Å². The Morgan fingerprint density at radius 2 is 1.64 bits per heavy atom. The van der Waals surface area contributed by atoms with Gasteiger partial charge in [-0.1, -0.05) is 73.7 Å². The van der Waals surface area contributed by atoms with E-state index in [0.717, 1.165) is 5.56 Å². The van der Waals surface area contributed by atoms with Gasteiger partial charge in [0.15, 0.2) is 0 Å². The fourth-order valence-electron chi connectivity index (χ4n) is 3.66. The summed E-state index contributed by atoms with van der Waals surface area (Å²) >= 11 is 0. The molecule has 0 aliphatic carbocycles. The largest absolute Gasteiger partial charge is 0.322 e. The Kier molecular flexibility index (Phi) is 6.08. The van der Waals surface area contributed by atoms with Crippen LogP contribution in [0.2, 0.25) is 0 Å². The molecule has 1 aromatic heterocycles. The molecule has 1 heterocycles. The predicted molar refractivity (Wildman–Crippen MR) is 126 cm³/mol. The summed E-state index contributed by atoms with van der Waals surface area (Å²) < 4.78 is 0. The molecule has 0 saturated heterocycles. The first-order valence-electron chi connectivity index (χ1n) is 10.3. The van der Waals surface area contributed by atoms with Crippen molar-refractivity contribution in [1.29, 1.82) is 0 Å². The molecule has 0 atom stereocenters. The van der Waals surface area contributed by atoms with Crippen molar-refractivity contribution in [3.8, 4) is 22.4 Å². The van der Waals surface area contributed by atoms with Gasteiger partial charge in [-0.3, -0.25) is 19.7 Å². The van der Waals surface area contributed by atoms with Crippen LogP contribution in [-0.2, 0) is 6.42 Å². The number of carbonyl (C=O) groups excluding carboxylic acids is 1. The molecule has 0 unspecified atom stereocenters. The van der Waals surface area contributed by atoms with E-state index < -0.39 is 16.4 Å². The molecule has 0 fully saturated rings. The number of aromatic amines is 1. The van der Waals surface area contributed by atoms with Gasteiger partial charge in [0.2, 0.25) is 0 Å². The minimum Gasteiger partial charge on any atom is -0.322 e. The van der Waals surface area contributed by atoms with E-state index in [4.69, 9.17) is 0 Å². The van der Waals surface area contributed by atoms with Crippen LogP contribution in [0.1, 0.15) is 22.8 Å². The lowest BCUT2D eigenvalue weighted by Crippen LogP contribution is -2.26. The van der Waals surface area contributed by atoms with Crippen LogP contribution < -0.4 is 10.9 Å². The number of nitro groups is 1. The smallest absolute Gasteiger partial charge is 0.277 e. The highest BCUT2D eigenvalue weighted by Crippen LogP contribution is 2.32. The zero-order valence-electron chi connectivity index (χ0n) is 17.7. The number of aromatic nitrogens is 2. The van der Waals surface area contributed by atoms with Gasteiger partial charge in [0.25, 0.3) is 17.2 Å². The van der Waals surface area contributed by atoms with Crippen molar-refractivity contribution in [3.63, 3.8) is 0 Å². The van der Waals surface area contributed by atoms with Crippen LogP contribution in [-0.4, -0.2) is 21.0 Å². The molecule has 0 radical (unpaired) electrons. The van der Waals surface area contributed by atoms with Gasteiger partial charge < -0.3 is 5.32 Å². The second-order valence-corrected chi connectivity index (χ2v) is 7.29. The minimum absolute atomic E-state index is 0.0906. The average molecular weight is 440 g/mol. The number of anilines is 1. The van der Waals surface area contributed by atoms with Crippen LogP contribution in [0.4, 0.5) is 11.4 Å². The van der Waals surface area contributed by atoms with E-state index in [-0.39, 0.29) is 16.9 Å². The van der Waals surface area contributed by atoms with Crippen molar-refractivity contribution in [2.75, 3.05) is 5.32 Å². The van der Waals surface area contributed by atoms with Crippen LogP contribution in [0.15, 0.2) is 83.7 Å². The maximum Gasteiger partial charge on any atom is 0.277 e. The van der Waals surface area contributed by atoms with Crippen molar-refractivity contribution in [1.82, 2.24) is 10.2 Å². The van der Waals surface area contributed by atoms with E-state index in [1.165, 1.54) is 6.07 Å². The van der Waals surface area contributed by atoms with Gasteiger partial charge in [-0.25, -0.2) is 5.10 Å². The molecule has 0 bridgehead atoms. The van der Waals surface area contributed by atoms with Gasteiger partial charge in [0, 0.05) is 28.4 Å². The number of nitro benzene ring substituents is 1. The van der Waals surface area contributed by atoms with Crippen molar-refractivity contribution in [2.24, 2.45) is 0 Å². The molecule has 0 aliphatic heterocycles. The van der Waals surface area contributed by atoms with Gasteiger partial charge >= 0.3 is 0 Å². The summed E-state index contributed by atoms with van der Waals surface area (Å²) in [6.07, 6.45) is 0.479. The van der Waals surface area contributed by atoms with E-state index in [1.54, 1.807) is 36.4 Å². The lowest BCUT2D eigenvalue weighted by Gasteiger charge is -2.14. The SMILES string of the molecule is CCc1ccc(NC(=O)c2c(-c3ccccc3)c(-c3ccccc3)n[nH]c2=O)cc1[N+](=O)[O-]. The monoisotopic (exact) mass is 440 g/mol. The summed E-state index contributed by atoms with van der Waals surface area (Å²) in [7, 11) is 0. The summed E-state index contributed by atoms with van der Waals surface area (Å²) in [4.78, 5) is 37.1. The molecule has 8 nitrogen and oxygen atoms in total. The first kappa shape index (κ1) is 21.6. The minimum atomic E-state index is -0.687. The third kappa shape index (κ3) is 4.40. The lowest BCUT2D eigenvalue weighted by atomic mass is 9.95. The maximum atomic E-state index is 13.3. The molecule has 4 rings (SSSR count). The second-order valence-electron chi connectivity index (χ2n) is 7.29. The molecule has 0 aliphatic rings. The molecule has 2 N–H and O–H groups in total. The van der Waals surface area contributed by atoms with E-state index in [1.807, 2.05) is 43.3 Å². The Labute approximate surface area is 189 Å². The van der Waals surface area contributed by atoms with Crippen LogP contribution in [0, 0.1) is 10.1 Å². The van der Waals surface area contributed by atoms with Gasteiger partial charge in [-0.15, -0.1) is 0 Å². The van der Waals surface area contributed by atoms with E-state index >= 15 is 0 Å². The zero-order valence-corrected chi connectivity index (χ0v) is 17.7. The molecular formula is C25H20N4O4. The number of benzene rings is 3. The molecule has 8 heteroatoms. The van der Waals surface area contributed by atoms with Gasteiger partial charge in [-0.2, -0.15) is 5.10 Å². The van der Waals surface area contributed by atoms with Gasteiger partial charge in [-0.05, 0) is 18.1 Å². The van der Waals surface area contributed by atoms with Crippen molar-refractivity contribution in [3.05, 3.63) is 110 Å². The third-order valence-electron chi connectivity index (χ3n) is 5.24. The van der Waals surface area contributed by atoms with Crippen LogP contribution in [0.3, 0.4) is 0 Å². The molecule has 4 aromatic rings. The molecule has 3 aromatic carbocycles. The van der Waals surface area contributed by atoms with E-state index in [2.05, 4.69) is 15.5 Å². The molecule has 164 valence electrons. The molecule has 0 saturated carbocycles. The zero-order chi connectivity index (χ0) is 23.4. The molecular weight excluding hydrogens is 420 g/mol. The number of H-pyrrole nitrogens is 1. The first-order valence-corrected chi connectivity index (χ1v) is 10.3. The summed E-state index contributed by atoms with van der Waals surface area (Å²) in [6.45, 7) is 1.81. The number of nitrogens with zero attached hydrogens (tertiary/aromatic N) is 2. The quantitative estimate of drug-likeness (QED) is 0.329. The third-order valence-corrected chi connectivity index (χ3v) is 5.24. The Morgan fingerprint density at radius 3 is 2.24 bits per heavy atom. The number of amides is 1. The fraction of sp³-hybridized carbons (Fsp3) is 0.0800. The predicted octanol–water partition coefficient (Wildman–Crippen LogP) is 4.83. The van der Waals surface area contributed by atoms with E-state index in [9.17, 15) is 19.7 Å². The first-order chi connectivity index (χ1) is 16.0. The van der Waals surface area contributed by atoms with Crippen molar-refractivity contribution < 1.29 is 9.72 Å². The highest BCUT2D eigenvalue weighted by atomic mass is 16.6. The Hall–Kier alpha value is -4.59.